The van der Waals surface area contributed by atoms with Gasteiger partial charge in [-0.2, -0.15) is 0 Å². The molecule has 1 N–H and O–H groups in total. The summed E-state index contributed by atoms with van der Waals surface area (Å²) in [6.07, 6.45) is 0.172. The molecule has 0 aromatic heterocycles. The van der Waals surface area contributed by atoms with Crippen molar-refractivity contribution >= 4 is 28.9 Å². The number of morpholine rings is 1. The van der Waals surface area contributed by atoms with E-state index in [1.807, 2.05) is 19.1 Å². The van der Waals surface area contributed by atoms with E-state index in [0.717, 1.165) is 43.2 Å². The molecule has 0 radical (unpaired) electrons. The lowest BCUT2D eigenvalue weighted by Crippen LogP contribution is -2.36. The Morgan fingerprint density at radius 3 is 2.44 bits per heavy atom. The predicted molar refractivity (Wildman–Crippen MR) is 123 cm³/mol. The van der Waals surface area contributed by atoms with Gasteiger partial charge in [0.25, 0.3) is 0 Å². The zero-order valence-electron chi connectivity index (χ0n) is 18.7. The van der Waals surface area contributed by atoms with Crippen molar-refractivity contribution in [2.75, 3.05) is 62.2 Å². The zero-order valence-corrected chi connectivity index (χ0v) is 18.7. The second-order valence-corrected chi connectivity index (χ2v) is 8.03. The Kier molecular flexibility index (Phi) is 6.50. The SMILES string of the molecule is COc1ccc(N2CC(C(=O)Nc3ccc(N4CCOCC4)cc3C)CC2=O)cc1OC. The summed E-state index contributed by atoms with van der Waals surface area (Å²) in [5.41, 5.74) is 3.57. The summed E-state index contributed by atoms with van der Waals surface area (Å²) in [4.78, 5) is 29.5. The van der Waals surface area contributed by atoms with Crippen molar-refractivity contribution in [3.8, 4) is 11.5 Å². The van der Waals surface area contributed by atoms with Gasteiger partial charge in [-0.3, -0.25) is 9.59 Å². The number of ether oxygens (including phenoxy) is 3. The van der Waals surface area contributed by atoms with Gasteiger partial charge in [-0.25, -0.2) is 0 Å². The maximum absolute atomic E-state index is 12.9. The highest BCUT2D eigenvalue weighted by atomic mass is 16.5. The van der Waals surface area contributed by atoms with Crippen LogP contribution in [0.2, 0.25) is 0 Å². The number of benzene rings is 2. The summed E-state index contributed by atoms with van der Waals surface area (Å²) in [7, 11) is 3.12. The van der Waals surface area contributed by atoms with Crippen molar-refractivity contribution in [3.63, 3.8) is 0 Å². The number of hydrogen-bond acceptors (Lipinski definition) is 6. The molecule has 0 saturated carbocycles. The summed E-state index contributed by atoms with van der Waals surface area (Å²) in [6, 6.07) is 11.3. The van der Waals surface area contributed by atoms with E-state index in [1.54, 1.807) is 37.3 Å². The lowest BCUT2D eigenvalue weighted by molar-refractivity contribution is -0.122. The van der Waals surface area contributed by atoms with Gasteiger partial charge in [0.1, 0.15) is 0 Å². The van der Waals surface area contributed by atoms with Crippen LogP contribution in [-0.4, -0.2) is 58.9 Å². The van der Waals surface area contributed by atoms with Gasteiger partial charge in [-0.1, -0.05) is 0 Å². The normalized spacial score (nSPS) is 18.6. The molecule has 2 aliphatic heterocycles. The van der Waals surface area contributed by atoms with E-state index >= 15 is 0 Å². The number of hydrogen-bond donors (Lipinski definition) is 1. The Morgan fingerprint density at radius 1 is 1.03 bits per heavy atom. The lowest BCUT2D eigenvalue weighted by Gasteiger charge is -2.29. The van der Waals surface area contributed by atoms with Crippen LogP contribution in [0.25, 0.3) is 0 Å². The summed E-state index contributed by atoms with van der Waals surface area (Å²) in [5, 5.41) is 3.01. The van der Waals surface area contributed by atoms with Gasteiger partial charge < -0.3 is 29.3 Å². The van der Waals surface area contributed by atoms with Crippen molar-refractivity contribution in [2.45, 2.75) is 13.3 Å². The summed E-state index contributed by atoms with van der Waals surface area (Å²) in [6.45, 7) is 5.48. The molecule has 0 aliphatic carbocycles. The highest BCUT2D eigenvalue weighted by Gasteiger charge is 2.35. The van der Waals surface area contributed by atoms with Crippen LogP contribution in [0.4, 0.5) is 17.1 Å². The van der Waals surface area contributed by atoms with Crippen LogP contribution >= 0.6 is 0 Å². The van der Waals surface area contributed by atoms with Crippen LogP contribution in [-0.2, 0) is 14.3 Å². The minimum Gasteiger partial charge on any atom is -0.493 e. The summed E-state index contributed by atoms with van der Waals surface area (Å²) >= 11 is 0. The van der Waals surface area contributed by atoms with E-state index in [4.69, 9.17) is 14.2 Å². The molecule has 8 nitrogen and oxygen atoms in total. The number of methoxy groups -OCH3 is 2. The highest BCUT2D eigenvalue weighted by Crippen LogP contribution is 2.34. The van der Waals surface area contributed by atoms with Gasteiger partial charge in [0, 0.05) is 49.2 Å². The molecule has 0 bridgehead atoms. The van der Waals surface area contributed by atoms with Crippen molar-refractivity contribution < 1.29 is 23.8 Å². The number of nitrogens with zero attached hydrogens (tertiary/aromatic N) is 2. The van der Waals surface area contributed by atoms with Crippen LogP contribution in [0.15, 0.2) is 36.4 Å². The smallest absolute Gasteiger partial charge is 0.229 e. The third-order valence-electron chi connectivity index (χ3n) is 6.02. The fourth-order valence-electron chi connectivity index (χ4n) is 4.17. The molecule has 0 spiro atoms. The summed E-state index contributed by atoms with van der Waals surface area (Å²) in [5.74, 6) is 0.476. The van der Waals surface area contributed by atoms with Gasteiger partial charge in [0.2, 0.25) is 11.8 Å². The third-order valence-corrected chi connectivity index (χ3v) is 6.02. The number of anilines is 3. The number of aryl methyl sites for hydroxylation is 1. The van der Waals surface area contributed by atoms with Crippen molar-refractivity contribution in [2.24, 2.45) is 5.92 Å². The topological polar surface area (TPSA) is 80.3 Å². The highest BCUT2D eigenvalue weighted by molar-refractivity contribution is 6.03. The molecule has 2 saturated heterocycles. The van der Waals surface area contributed by atoms with Crippen LogP contribution in [0.5, 0.6) is 11.5 Å². The molecule has 4 rings (SSSR count). The first-order chi connectivity index (χ1) is 15.5. The monoisotopic (exact) mass is 439 g/mol. The first kappa shape index (κ1) is 22.0. The molecule has 2 aliphatic rings. The molecule has 1 atom stereocenters. The number of rotatable bonds is 6. The Morgan fingerprint density at radius 2 is 1.75 bits per heavy atom. The van der Waals surface area contributed by atoms with Crippen LogP contribution in [0.1, 0.15) is 12.0 Å². The molecule has 2 amide bonds. The van der Waals surface area contributed by atoms with E-state index in [9.17, 15) is 9.59 Å². The standard InChI is InChI=1S/C24H29N3O5/c1-16-12-18(26-8-10-32-11-9-26)4-6-20(16)25-24(29)17-13-23(28)27(15-17)19-5-7-21(30-2)22(14-19)31-3/h4-7,12,14,17H,8-11,13,15H2,1-3H3,(H,25,29). The van der Waals surface area contributed by atoms with Gasteiger partial charge in [0.15, 0.2) is 11.5 Å². The van der Waals surface area contributed by atoms with E-state index in [2.05, 4.69) is 16.3 Å². The fraction of sp³-hybridized carbons (Fsp3) is 0.417. The molecule has 2 fully saturated rings. The van der Waals surface area contributed by atoms with Gasteiger partial charge in [-0.15, -0.1) is 0 Å². The van der Waals surface area contributed by atoms with Crippen LogP contribution in [0.3, 0.4) is 0 Å². The third kappa shape index (κ3) is 4.50. The first-order valence-electron chi connectivity index (χ1n) is 10.8. The average Bonchev–Trinajstić information content (AvgIpc) is 3.22. The maximum atomic E-state index is 12.9. The Balaban J connectivity index is 1.43. The average molecular weight is 440 g/mol. The van der Waals surface area contributed by atoms with Gasteiger partial charge >= 0.3 is 0 Å². The number of carbonyl (C=O) groups excluding carboxylic acids is 2. The van der Waals surface area contributed by atoms with Crippen molar-refractivity contribution in [1.82, 2.24) is 0 Å². The molecule has 170 valence electrons. The van der Waals surface area contributed by atoms with E-state index in [-0.39, 0.29) is 18.2 Å². The second-order valence-electron chi connectivity index (χ2n) is 8.03. The van der Waals surface area contributed by atoms with Crippen LogP contribution in [0, 0.1) is 12.8 Å². The molecule has 1 unspecified atom stereocenters. The largest absolute Gasteiger partial charge is 0.493 e. The molecular formula is C24H29N3O5. The van der Waals surface area contributed by atoms with E-state index < -0.39 is 5.92 Å². The minimum atomic E-state index is -0.422. The molecule has 8 heteroatoms. The number of carbonyl (C=O) groups is 2. The summed E-state index contributed by atoms with van der Waals surface area (Å²) < 4.78 is 16.0. The number of amides is 2. The van der Waals surface area contributed by atoms with Gasteiger partial charge in [0.05, 0.1) is 33.4 Å². The van der Waals surface area contributed by atoms with Crippen molar-refractivity contribution in [1.29, 1.82) is 0 Å². The Hall–Kier alpha value is -3.26. The zero-order chi connectivity index (χ0) is 22.7. The quantitative estimate of drug-likeness (QED) is 0.746. The minimum absolute atomic E-state index is 0.0863. The molecular weight excluding hydrogens is 410 g/mol. The van der Waals surface area contributed by atoms with E-state index in [1.165, 1.54) is 0 Å². The Labute approximate surface area is 188 Å². The maximum Gasteiger partial charge on any atom is 0.229 e. The molecule has 32 heavy (non-hydrogen) atoms. The Bertz CT molecular complexity index is 1000. The predicted octanol–water partition coefficient (Wildman–Crippen LogP) is 2.84. The molecule has 2 aromatic carbocycles. The van der Waals surface area contributed by atoms with Crippen LogP contribution < -0.4 is 24.6 Å². The van der Waals surface area contributed by atoms with Crippen molar-refractivity contribution in [3.05, 3.63) is 42.0 Å². The van der Waals surface area contributed by atoms with Gasteiger partial charge in [-0.05, 0) is 42.8 Å². The van der Waals surface area contributed by atoms with E-state index in [0.29, 0.717) is 23.7 Å². The molecule has 2 aromatic rings. The molecule has 2 heterocycles. The second kappa shape index (κ2) is 9.48. The lowest BCUT2D eigenvalue weighted by atomic mass is 10.1. The fourth-order valence-corrected chi connectivity index (χ4v) is 4.17. The first-order valence-corrected chi connectivity index (χ1v) is 10.8. The number of nitrogens with one attached hydrogen (secondary N) is 1.